The number of nitrogens with two attached hydrogens (primary N) is 1. The zero-order valence-electron chi connectivity index (χ0n) is 16.8. The van der Waals surface area contributed by atoms with Gasteiger partial charge in [-0.2, -0.15) is 5.26 Å². The second kappa shape index (κ2) is 8.57. The normalized spacial score (nSPS) is 18.8. The first-order valence-electron chi connectivity index (χ1n) is 9.88. The summed E-state index contributed by atoms with van der Waals surface area (Å²) in [6.07, 6.45) is 1.78. The van der Waals surface area contributed by atoms with Crippen LogP contribution < -0.4 is 10.6 Å². The lowest BCUT2D eigenvalue weighted by atomic mass is 9.76. The van der Waals surface area contributed by atoms with Gasteiger partial charge in [-0.05, 0) is 47.7 Å². The standard InChI is InChI=1S/C22H20N4O3S2/c1-2-30-22-15(10-11-31-22)19-16(12-23)21(24)25(17-4-3-5-18(27)20(17)19)13-6-8-14(9-7-13)26(28)29/h6-11,19H,2-5,24H2,1H3/t19-/m1/s1. The van der Waals surface area contributed by atoms with Gasteiger partial charge in [-0.1, -0.05) is 6.92 Å². The fraction of sp³-hybridized carbons (Fsp3) is 0.273. The number of hydrogen-bond donors (Lipinski definition) is 1. The van der Waals surface area contributed by atoms with Crippen molar-refractivity contribution in [2.24, 2.45) is 5.73 Å². The van der Waals surface area contributed by atoms with Gasteiger partial charge in [0.25, 0.3) is 5.69 Å². The molecule has 0 saturated carbocycles. The molecule has 2 N–H and O–H groups in total. The lowest BCUT2D eigenvalue weighted by Crippen LogP contribution is -2.38. The maximum Gasteiger partial charge on any atom is 0.269 e. The minimum atomic E-state index is -0.484. The van der Waals surface area contributed by atoms with Gasteiger partial charge in [-0.25, -0.2) is 0 Å². The summed E-state index contributed by atoms with van der Waals surface area (Å²) in [5.41, 5.74) is 9.79. The Morgan fingerprint density at radius 3 is 2.71 bits per heavy atom. The van der Waals surface area contributed by atoms with E-state index in [0.717, 1.165) is 21.2 Å². The summed E-state index contributed by atoms with van der Waals surface area (Å²) in [7, 11) is 0. The lowest BCUT2D eigenvalue weighted by Gasteiger charge is -2.39. The predicted octanol–water partition coefficient (Wildman–Crippen LogP) is 5.07. The molecule has 7 nitrogen and oxygen atoms in total. The average molecular weight is 453 g/mol. The average Bonchev–Trinajstić information content (AvgIpc) is 3.21. The van der Waals surface area contributed by atoms with Gasteiger partial charge in [-0.3, -0.25) is 19.8 Å². The van der Waals surface area contributed by atoms with Crippen molar-refractivity contribution in [3.05, 3.63) is 74.1 Å². The molecule has 9 heteroatoms. The maximum absolute atomic E-state index is 13.1. The van der Waals surface area contributed by atoms with Gasteiger partial charge in [0.2, 0.25) is 0 Å². The number of Topliss-reactive ketones (excluding diaryl/α,β-unsaturated/α-hetero) is 1. The van der Waals surface area contributed by atoms with Crippen molar-refractivity contribution >= 4 is 40.3 Å². The number of nitro benzene ring substituents is 1. The molecule has 0 saturated heterocycles. The molecular formula is C22H20N4O3S2. The Hall–Kier alpha value is -3.09. The number of carbonyl (C=O) groups excluding carboxylic acids is 1. The highest BCUT2D eigenvalue weighted by Crippen LogP contribution is 2.49. The van der Waals surface area contributed by atoms with Crippen LogP contribution in [0.5, 0.6) is 0 Å². The van der Waals surface area contributed by atoms with Crippen LogP contribution in [0.1, 0.15) is 37.7 Å². The fourth-order valence-electron chi connectivity index (χ4n) is 4.18. The predicted molar refractivity (Wildman–Crippen MR) is 122 cm³/mol. The maximum atomic E-state index is 13.1. The summed E-state index contributed by atoms with van der Waals surface area (Å²) >= 11 is 3.29. The molecule has 0 amide bonds. The summed E-state index contributed by atoms with van der Waals surface area (Å²) in [5.74, 6) is 0.698. The summed E-state index contributed by atoms with van der Waals surface area (Å²) in [5, 5.41) is 23.1. The Kier molecular flexibility index (Phi) is 5.85. The lowest BCUT2D eigenvalue weighted by molar-refractivity contribution is -0.384. The Bertz CT molecular complexity index is 1160. The zero-order valence-corrected chi connectivity index (χ0v) is 18.5. The van der Waals surface area contributed by atoms with Gasteiger partial charge in [0.1, 0.15) is 5.82 Å². The van der Waals surface area contributed by atoms with Gasteiger partial charge in [0, 0.05) is 35.5 Å². The number of anilines is 1. The summed E-state index contributed by atoms with van der Waals surface area (Å²) < 4.78 is 1.09. The molecule has 2 aliphatic rings. The number of rotatable bonds is 5. The number of thioether (sulfide) groups is 1. The van der Waals surface area contributed by atoms with E-state index in [-0.39, 0.29) is 17.3 Å². The highest BCUT2D eigenvalue weighted by molar-refractivity contribution is 8.01. The molecule has 0 radical (unpaired) electrons. The smallest absolute Gasteiger partial charge is 0.269 e. The first-order chi connectivity index (χ1) is 15.0. The molecule has 2 aromatic rings. The number of carbonyl (C=O) groups is 1. The third kappa shape index (κ3) is 3.62. The minimum absolute atomic E-state index is 0.0251. The highest BCUT2D eigenvalue weighted by atomic mass is 32.2. The van der Waals surface area contributed by atoms with Crippen LogP contribution in [0.4, 0.5) is 11.4 Å². The number of allylic oxidation sites excluding steroid dienone is 3. The van der Waals surface area contributed by atoms with Crippen molar-refractivity contribution in [1.82, 2.24) is 0 Å². The van der Waals surface area contributed by atoms with Crippen LogP contribution in [0.2, 0.25) is 0 Å². The van der Waals surface area contributed by atoms with Crippen LogP contribution in [-0.4, -0.2) is 16.5 Å². The number of hydrogen-bond acceptors (Lipinski definition) is 8. The van der Waals surface area contributed by atoms with Crippen LogP contribution in [0.15, 0.2) is 62.6 Å². The van der Waals surface area contributed by atoms with E-state index < -0.39 is 10.8 Å². The first kappa shape index (κ1) is 21.2. The fourth-order valence-corrected chi connectivity index (χ4v) is 6.25. The highest BCUT2D eigenvalue weighted by Gasteiger charge is 2.41. The molecule has 0 fully saturated rings. The van der Waals surface area contributed by atoms with Crippen LogP contribution in [-0.2, 0) is 4.79 Å². The van der Waals surface area contributed by atoms with Crippen molar-refractivity contribution in [3.63, 3.8) is 0 Å². The second-order valence-electron chi connectivity index (χ2n) is 7.19. The monoisotopic (exact) mass is 452 g/mol. The van der Waals surface area contributed by atoms with Crippen molar-refractivity contribution < 1.29 is 9.72 Å². The number of ketones is 1. The molecule has 2 heterocycles. The Labute approximate surface area is 188 Å². The number of thiophene rings is 1. The molecule has 158 valence electrons. The third-order valence-corrected chi connectivity index (χ3v) is 7.63. The molecule has 31 heavy (non-hydrogen) atoms. The Morgan fingerprint density at radius 2 is 2.06 bits per heavy atom. The number of nitrogens with zero attached hydrogens (tertiary/aromatic N) is 3. The molecule has 0 unspecified atom stereocenters. The van der Waals surface area contributed by atoms with Gasteiger partial charge in [0.05, 0.1) is 26.7 Å². The van der Waals surface area contributed by atoms with E-state index in [4.69, 9.17) is 5.73 Å². The van der Waals surface area contributed by atoms with Gasteiger partial charge >= 0.3 is 0 Å². The number of non-ortho nitro benzene ring substituents is 1. The zero-order chi connectivity index (χ0) is 22.1. The van der Waals surface area contributed by atoms with Crippen LogP contribution >= 0.6 is 23.1 Å². The summed E-state index contributed by atoms with van der Waals surface area (Å²) in [4.78, 5) is 25.4. The number of nitro groups is 1. The van der Waals surface area contributed by atoms with Crippen molar-refractivity contribution in [1.29, 1.82) is 5.26 Å². The molecule has 0 bridgehead atoms. The van der Waals surface area contributed by atoms with Crippen LogP contribution in [0, 0.1) is 21.4 Å². The quantitative estimate of drug-likeness (QED) is 0.382. The summed E-state index contributed by atoms with van der Waals surface area (Å²) in [6.45, 7) is 2.07. The molecule has 1 atom stereocenters. The summed E-state index contributed by atoms with van der Waals surface area (Å²) in [6, 6.07) is 10.3. The van der Waals surface area contributed by atoms with Gasteiger partial charge < -0.3 is 5.73 Å². The Morgan fingerprint density at radius 1 is 1.32 bits per heavy atom. The molecule has 0 spiro atoms. The first-order valence-corrected chi connectivity index (χ1v) is 11.7. The van der Waals surface area contributed by atoms with Crippen molar-refractivity contribution in [3.8, 4) is 6.07 Å². The third-order valence-electron chi connectivity index (χ3n) is 5.48. The molecule has 1 aromatic heterocycles. The number of nitriles is 1. The topological polar surface area (TPSA) is 113 Å². The molecule has 1 aromatic carbocycles. The van der Waals surface area contributed by atoms with Crippen molar-refractivity contribution in [2.45, 2.75) is 36.3 Å². The van der Waals surface area contributed by atoms with E-state index in [1.807, 2.05) is 11.4 Å². The van der Waals surface area contributed by atoms with Gasteiger partial charge in [-0.15, -0.1) is 23.1 Å². The largest absolute Gasteiger partial charge is 0.384 e. The van der Waals surface area contributed by atoms with Crippen LogP contribution in [0.3, 0.4) is 0 Å². The van der Waals surface area contributed by atoms with E-state index in [9.17, 15) is 20.2 Å². The minimum Gasteiger partial charge on any atom is -0.384 e. The van der Waals surface area contributed by atoms with Gasteiger partial charge in [0.15, 0.2) is 5.78 Å². The molecule has 4 rings (SSSR count). The van der Waals surface area contributed by atoms with Crippen molar-refractivity contribution in [2.75, 3.05) is 10.7 Å². The Balaban J connectivity index is 1.91. The van der Waals surface area contributed by atoms with E-state index in [1.54, 1.807) is 40.1 Å². The van der Waals surface area contributed by atoms with E-state index in [1.165, 1.54) is 12.1 Å². The number of benzene rings is 1. The van der Waals surface area contributed by atoms with Crippen LogP contribution in [0.25, 0.3) is 0 Å². The molecule has 1 aliphatic heterocycles. The molecule has 1 aliphatic carbocycles. The van der Waals surface area contributed by atoms with E-state index in [0.29, 0.717) is 36.1 Å². The molecular weight excluding hydrogens is 432 g/mol. The second-order valence-corrected chi connectivity index (χ2v) is 9.63. The van der Waals surface area contributed by atoms with E-state index in [2.05, 4.69) is 13.0 Å². The SMILES string of the molecule is CCSc1sccc1[C@@H]1C(C#N)=C(N)N(c2ccc([N+](=O)[O-])cc2)C2=C1C(=O)CCC2. The van der Waals surface area contributed by atoms with E-state index >= 15 is 0 Å².